The van der Waals surface area contributed by atoms with Gasteiger partial charge in [0, 0.05) is 24.3 Å². The minimum Gasteiger partial charge on any atom is -0.491 e. The highest BCUT2D eigenvalue weighted by Gasteiger charge is 2.39. The lowest BCUT2D eigenvalue weighted by Crippen LogP contribution is -2.21. The number of alkyl halides is 3. The van der Waals surface area contributed by atoms with E-state index in [1.54, 1.807) is 24.3 Å². The maximum absolute atomic E-state index is 12.9. The molecule has 0 unspecified atom stereocenters. The average molecular weight is 621 g/mol. The molecule has 0 amide bonds. The van der Waals surface area contributed by atoms with Crippen LogP contribution in [0.3, 0.4) is 0 Å². The van der Waals surface area contributed by atoms with Crippen molar-refractivity contribution in [1.29, 1.82) is 0 Å². The van der Waals surface area contributed by atoms with Gasteiger partial charge in [0.25, 0.3) is 0 Å². The normalized spacial score (nSPS) is 21.1. The van der Waals surface area contributed by atoms with Crippen molar-refractivity contribution in [3.8, 4) is 11.5 Å². The zero-order chi connectivity index (χ0) is 32.1. The van der Waals surface area contributed by atoms with E-state index in [9.17, 15) is 38.1 Å². The van der Waals surface area contributed by atoms with Crippen LogP contribution in [0.25, 0.3) is 0 Å². The van der Waals surface area contributed by atoms with E-state index in [2.05, 4.69) is 0 Å². The number of aryl methyl sites for hydroxylation is 1. The van der Waals surface area contributed by atoms with Gasteiger partial charge in [0.05, 0.1) is 17.8 Å². The molecule has 2 aromatic carbocycles. The molecule has 1 aliphatic carbocycles. The van der Waals surface area contributed by atoms with E-state index in [-0.39, 0.29) is 50.3 Å². The molecule has 8 nitrogen and oxygen atoms in total. The summed E-state index contributed by atoms with van der Waals surface area (Å²) >= 11 is 0. The third-order valence-electron chi connectivity index (χ3n) is 7.33. The lowest BCUT2D eigenvalue weighted by atomic mass is 9.89. The van der Waals surface area contributed by atoms with Gasteiger partial charge >= 0.3 is 12.1 Å². The van der Waals surface area contributed by atoms with Crippen molar-refractivity contribution in [3.63, 3.8) is 0 Å². The van der Waals surface area contributed by atoms with Crippen molar-refractivity contribution >= 4 is 12.3 Å². The molecule has 3 rings (SSSR count). The Morgan fingerprint density at radius 2 is 1.86 bits per heavy atom. The fraction of sp³-hybridized carbons (Fsp3) is 0.455. The van der Waals surface area contributed by atoms with Gasteiger partial charge in [-0.25, -0.2) is 0 Å². The topological polar surface area (TPSA) is 123 Å². The van der Waals surface area contributed by atoms with Gasteiger partial charge < -0.3 is 29.5 Å². The highest BCUT2D eigenvalue weighted by atomic mass is 19.4. The summed E-state index contributed by atoms with van der Waals surface area (Å²) in [5.41, 5.74) is 0.520. The molecule has 0 heterocycles. The number of carbonyl (C=O) groups excluding carboxylic acids is 2. The Morgan fingerprint density at radius 3 is 2.61 bits per heavy atom. The highest BCUT2D eigenvalue weighted by Crippen LogP contribution is 2.36. The number of benzene rings is 2. The van der Waals surface area contributed by atoms with Crippen LogP contribution in [-0.2, 0) is 15.7 Å². The number of halogens is 3. The fourth-order valence-corrected chi connectivity index (χ4v) is 4.92. The van der Waals surface area contributed by atoms with Crippen LogP contribution in [0.2, 0.25) is 0 Å². The predicted octanol–water partition coefficient (Wildman–Crippen LogP) is 5.22. The number of esters is 1. The molecule has 1 fully saturated rings. The average Bonchev–Trinajstić information content (AvgIpc) is 3.26. The summed E-state index contributed by atoms with van der Waals surface area (Å²) < 4.78 is 54.7. The van der Waals surface area contributed by atoms with Crippen LogP contribution in [0.1, 0.15) is 53.6 Å². The van der Waals surface area contributed by atoms with E-state index in [4.69, 9.17) is 14.2 Å². The largest absolute Gasteiger partial charge is 0.491 e. The summed E-state index contributed by atoms with van der Waals surface area (Å²) in [6.07, 6.45) is 2.40. The van der Waals surface area contributed by atoms with Crippen molar-refractivity contribution in [2.75, 3.05) is 19.8 Å². The van der Waals surface area contributed by atoms with Gasteiger partial charge in [-0.1, -0.05) is 42.5 Å². The lowest BCUT2D eigenvalue weighted by molar-refractivity contribution is -0.144. The number of unbranched alkanes of at least 4 members (excludes halogenated alkanes) is 1. The number of carbonyl (C=O) groups is 2. The SMILES string of the molecule is Cc1ccc(C=O)cc1OCCOC(=O)CCCC=CC[C@@H]1[C@@H](C=C[C@@H](O)COc2cccc(C(F)(F)F)c2)[C@H](O)C[C@@H]1O. The maximum atomic E-state index is 12.9. The van der Waals surface area contributed by atoms with Gasteiger partial charge in [-0.05, 0) is 61.9 Å². The van der Waals surface area contributed by atoms with Crippen molar-refractivity contribution in [2.45, 2.75) is 63.5 Å². The number of aliphatic hydroxyl groups excluding tert-OH is 3. The van der Waals surface area contributed by atoms with Gasteiger partial charge in [0.2, 0.25) is 0 Å². The van der Waals surface area contributed by atoms with Crippen LogP contribution < -0.4 is 9.47 Å². The van der Waals surface area contributed by atoms with Gasteiger partial charge in [0.1, 0.15) is 43.7 Å². The standard InChI is InChI=1S/C33H39F3O8/c1-22-11-12-23(20-37)17-31(22)42-15-16-43-32(41)10-5-3-2-4-9-27-28(30(40)19-29(27)39)14-13-25(38)21-44-26-8-6-7-24(18-26)33(34,35)36/h2,4,6-8,11-14,17-18,20,25,27-30,38-40H,3,5,9-10,15-16,19,21H2,1H3/t25-,27-,28-,29+,30-/m1/s1. The third kappa shape index (κ3) is 11.1. The van der Waals surface area contributed by atoms with Gasteiger partial charge in [-0.3, -0.25) is 9.59 Å². The Morgan fingerprint density at radius 1 is 1.07 bits per heavy atom. The number of aldehydes is 1. The van der Waals surface area contributed by atoms with Crippen LogP contribution in [0.15, 0.2) is 66.8 Å². The summed E-state index contributed by atoms with van der Waals surface area (Å²) in [6, 6.07) is 9.47. The van der Waals surface area contributed by atoms with Crippen molar-refractivity contribution in [2.24, 2.45) is 11.8 Å². The molecule has 0 radical (unpaired) electrons. The van der Waals surface area contributed by atoms with Crippen LogP contribution >= 0.6 is 0 Å². The van der Waals surface area contributed by atoms with Crippen LogP contribution in [0.4, 0.5) is 13.2 Å². The van der Waals surface area contributed by atoms with Gasteiger partial charge in [-0.15, -0.1) is 0 Å². The van der Waals surface area contributed by atoms with Crippen LogP contribution in [-0.4, -0.2) is 65.7 Å². The van der Waals surface area contributed by atoms with E-state index in [0.29, 0.717) is 30.6 Å². The Labute approximate surface area is 254 Å². The number of hydrogen-bond donors (Lipinski definition) is 3. The van der Waals surface area contributed by atoms with Crippen molar-refractivity contribution < 1.29 is 52.3 Å². The van der Waals surface area contributed by atoms with Crippen LogP contribution in [0, 0.1) is 18.8 Å². The number of aliphatic hydroxyl groups is 3. The highest BCUT2D eigenvalue weighted by molar-refractivity contribution is 5.75. The smallest absolute Gasteiger partial charge is 0.416 e. The first-order chi connectivity index (χ1) is 21.0. The Kier molecular flexibility index (Phi) is 13.4. The summed E-state index contributed by atoms with van der Waals surface area (Å²) in [5.74, 6) is -0.542. The number of rotatable bonds is 16. The van der Waals surface area contributed by atoms with Crippen LogP contribution in [0.5, 0.6) is 11.5 Å². The molecule has 1 aliphatic rings. The van der Waals surface area contributed by atoms with E-state index in [1.165, 1.54) is 18.2 Å². The third-order valence-corrected chi connectivity index (χ3v) is 7.33. The van der Waals surface area contributed by atoms with Crippen molar-refractivity contribution in [1.82, 2.24) is 0 Å². The first-order valence-electron chi connectivity index (χ1n) is 14.5. The molecule has 1 saturated carbocycles. The van der Waals surface area contributed by atoms with E-state index in [1.807, 2.05) is 19.1 Å². The molecule has 0 spiro atoms. The first kappa shape index (κ1) is 34.8. The molecule has 0 saturated heterocycles. The quantitative estimate of drug-likeness (QED) is 0.101. The minimum absolute atomic E-state index is 0.0258. The summed E-state index contributed by atoms with van der Waals surface area (Å²) in [6.45, 7) is 1.83. The second-order valence-electron chi connectivity index (χ2n) is 10.7. The first-order valence-corrected chi connectivity index (χ1v) is 14.5. The second-order valence-corrected chi connectivity index (χ2v) is 10.7. The molecular formula is C33H39F3O8. The molecule has 5 atom stereocenters. The summed E-state index contributed by atoms with van der Waals surface area (Å²) in [7, 11) is 0. The monoisotopic (exact) mass is 620 g/mol. The molecule has 0 bridgehead atoms. The second kappa shape index (κ2) is 17.0. The Hall–Kier alpha value is -3.67. The molecule has 0 aliphatic heterocycles. The molecule has 11 heteroatoms. The molecule has 0 aromatic heterocycles. The molecule has 44 heavy (non-hydrogen) atoms. The molecule has 3 N–H and O–H groups in total. The molecular weight excluding hydrogens is 581 g/mol. The lowest BCUT2D eigenvalue weighted by Gasteiger charge is -2.19. The number of ether oxygens (including phenoxy) is 3. The van der Waals surface area contributed by atoms with E-state index in [0.717, 1.165) is 24.0 Å². The number of allylic oxidation sites excluding steroid dienone is 2. The zero-order valence-corrected chi connectivity index (χ0v) is 24.5. The summed E-state index contributed by atoms with van der Waals surface area (Å²) in [5, 5.41) is 31.1. The fourth-order valence-electron chi connectivity index (χ4n) is 4.92. The van der Waals surface area contributed by atoms with E-state index >= 15 is 0 Å². The summed E-state index contributed by atoms with van der Waals surface area (Å²) in [4.78, 5) is 22.9. The van der Waals surface area contributed by atoms with Gasteiger partial charge in [0.15, 0.2) is 0 Å². The Bertz CT molecular complexity index is 1280. The maximum Gasteiger partial charge on any atom is 0.416 e. The zero-order valence-electron chi connectivity index (χ0n) is 24.5. The number of hydrogen-bond acceptors (Lipinski definition) is 8. The molecule has 2 aromatic rings. The van der Waals surface area contributed by atoms with Crippen molar-refractivity contribution in [3.05, 3.63) is 83.5 Å². The molecule has 240 valence electrons. The van der Waals surface area contributed by atoms with Gasteiger partial charge in [-0.2, -0.15) is 13.2 Å². The predicted molar refractivity (Wildman–Crippen MR) is 156 cm³/mol. The van der Waals surface area contributed by atoms with E-state index < -0.39 is 36.0 Å². The Balaban J connectivity index is 1.35. The minimum atomic E-state index is -4.50.